The Morgan fingerprint density at radius 3 is 2.82 bits per heavy atom. The minimum atomic E-state index is -2.88. The van der Waals surface area contributed by atoms with E-state index in [0.29, 0.717) is 11.1 Å². The second-order valence-corrected chi connectivity index (χ2v) is 4.17. The third-order valence-corrected chi connectivity index (χ3v) is 2.84. The Balaban J connectivity index is 2.50. The molecule has 2 rings (SSSR count). The van der Waals surface area contributed by atoms with Crippen LogP contribution in [0, 0.1) is 0 Å². The second kappa shape index (κ2) is 5.01. The fraction of sp³-hybridized carbons (Fsp3) is 0.273. The van der Waals surface area contributed by atoms with Gasteiger partial charge in [0.1, 0.15) is 12.4 Å². The van der Waals surface area contributed by atoms with Gasteiger partial charge in [0.05, 0.1) is 0 Å². The number of benzene rings is 1. The molecule has 0 bridgehead atoms. The molecule has 0 saturated carbocycles. The number of hydrogen-bond acceptors (Lipinski definition) is 3. The Labute approximate surface area is 104 Å². The van der Waals surface area contributed by atoms with E-state index in [9.17, 15) is 8.78 Å². The lowest BCUT2D eigenvalue weighted by Gasteiger charge is -2.05. The van der Waals surface area contributed by atoms with Gasteiger partial charge in [-0.3, -0.25) is 0 Å². The van der Waals surface area contributed by atoms with E-state index in [2.05, 4.69) is 20.7 Å². The normalized spacial score (nSPS) is 11.4. The summed E-state index contributed by atoms with van der Waals surface area (Å²) in [6.45, 7) is -2.61. The van der Waals surface area contributed by atoms with E-state index in [0.717, 1.165) is 4.47 Å². The van der Waals surface area contributed by atoms with E-state index in [4.69, 9.17) is 9.15 Å². The van der Waals surface area contributed by atoms with Crippen LogP contribution in [0.3, 0.4) is 0 Å². The number of rotatable bonds is 4. The van der Waals surface area contributed by atoms with Crippen LogP contribution < -0.4 is 4.74 Å². The first-order valence-corrected chi connectivity index (χ1v) is 5.56. The molecule has 0 aliphatic carbocycles. The van der Waals surface area contributed by atoms with Crippen molar-refractivity contribution in [2.75, 3.05) is 7.11 Å². The van der Waals surface area contributed by atoms with Crippen molar-refractivity contribution in [1.29, 1.82) is 0 Å². The number of hydrogen-bond donors (Lipinski definition) is 0. The molecule has 0 fully saturated rings. The Morgan fingerprint density at radius 2 is 2.18 bits per heavy atom. The topological polar surface area (TPSA) is 31.6 Å². The van der Waals surface area contributed by atoms with Crippen LogP contribution in [0.5, 0.6) is 5.75 Å². The molecule has 0 N–H and O–H groups in total. The summed E-state index contributed by atoms with van der Waals surface area (Å²) in [5.74, 6) is 0.564. The van der Waals surface area contributed by atoms with Crippen molar-refractivity contribution in [3.8, 4) is 5.75 Å². The predicted octanol–water partition coefficient (Wildman–Crippen LogP) is 3.94. The third kappa shape index (κ3) is 2.58. The lowest BCUT2D eigenvalue weighted by Crippen LogP contribution is -2.01. The summed E-state index contributed by atoms with van der Waals surface area (Å²) in [5.41, 5.74) is 0.284. The summed E-state index contributed by atoms with van der Waals surface area (Å²) in [6, 6.07) is 4.78. The van der Waals surface area contributed by atoms with Gasteiger partial charge in [-0.1, -0.05) is 15.9 Å². The van der Waals surface area contributed by atoms with Crippen molar-refractivity contribution < 1.29 is 22.7 Å². The SMILES string of the molecule is COCc1cc2c(Br)ccc(OC(F)F)c2o1. The van der Waals surface area contributed by atoms with Gasteiger partial charge in [-0.15, -0.1) is 0 Å². The lowest BCUT2D eigenvalue weighted by molar-refractivity contribution is -0.0494. The zero-order valence-corrected chi connectivity index (χ0v) is 10.5. The third-order valence-electron chi connectivity index (χ3n) is 2.15. The molecular formula is C11H9BrF2O3. The minimum Gasteiger partial charge on any atom is -0.455 e. The Hall–Kier alpha value is -1.14. The first-order valence-electron chi connectivity index (χ1n) is 4.76. The van der Waals surface area contributed by atoms with Crippen LogP contribution >= 0.6 is 15.9 Å². The fourth-order valence-corrected chi connectivity index (χ4v) is 1.95. The molecule has 0 aliphatic rings. The number of alkyl halides is 2. The molecule has 92 valence electrons. The molecule has 17 heavy (non-hydrogen) atoms. The zero-order valence-electron chi connectivity index (χ0n) is 8.88. The molecule has 0 amide bonds. The van der Waals surface area contributed by atoms with E-state index in [1.807, 2.05) is 0 Å². The van der Waals surface area contributed by atoms with Crippen LogP contribution in [0.15, 0.2) is 27.1 Å². The van der Waals surface area contributed by atoms with Gasteiger partial charge < -0.3 is 13.9 Å². The molecular weight excluding hydrogens is 298 g/mol. The van der Waals surface area contributed by atoms with Gasteiger partial charge in [0.2, 0.25) is 0 Å². The maximum Gasteiger partial charge on any atom is 0.387 e. The van der Waals surface area contributed by atoms with Crippen molar-refractivity contribution in [2.24, 2.45) is 0 Å². The molecule has 0 radical (unpaired) electrons. The predicted molar refractivity (Wildman–Crippen MR) is 61.3 cm³/mol. The van der Waals surface area contributed by atoms with Gasteiger partial charge in [-0.25, -0.2) is 0 Å². The van der Waals surface area contributed by atoms with E-state index in [1.54, 1.807) is 12.1 Å². The lowest BCUT2D eigenvalue weighted by atomic mass is 10.2. The highest BCUT2D eigenvalue weighted by Gasteiger charge is 2.15. The quantitative estimate of drug-likeness (QED) is 0.857. The summed E-state index contributed by atoms with van der Waals surface area (Å²) in [4.78, 5) is 0. The van der Waals surface area contributed by atoms with Crippen molar-refractivity contribution in [1.82, 2.24) is 0 Å². The fourth-order valence-electron chi connectivity index (χ4n) is 1.52. The number of furan rings is 1. The Kier molecular flexibility index (Phi) is 3.63. The summed E-state index contributed by atoms with van der Waals surface area (Å²) in [6.07, 6.45) is 0. The van der Waals surface area contributed by atoms with Crippen LogP contribution in [0.1, 0.15) is 5.76 Å². The van der Waals surface area contributed by atoms with Crippen molar-refractivity contribution in [3.63, 3.8) is 0 Å². The van der Waals surface area contributed by atoms with Gasteiger partial charge >= 0.3 is 6.61 Å². The minimum absolute atomic E-state index is 0.0144. The molecule has 1 aromatic heterocycles. The molecule has 0 saturated heterocycles. The van der Waals surface area contributed by atoms with E-state index < -0.39 is 6.61 Å². The second-order valence-electron chi connectivity index (χ2n) is 3.31. The van der Waals surface area contributed by atoms with E-state index in [-0.39, 0.29) is 17.9 Å². The van der Waals surface area contributed by atoms with Crippen LogP contribution in [-0.4, -0.2) is 13.7 Å². The highest BCUT2D eigenvalue weighted by atomic mass is 79.9. The largest absolute Gasteiger partial charge is 0.455 e. The van der Waals surface area contributed by atoms with E-state index >= 15 is 0 Å². The summed E-state index contributed by atoms with van der Waals surface area (Å²) in [7, 11) is 1.53. The van der Waals surface area contributed by atoms with Gasteiger partial charge in [-0.05, 0) is 18.2 Å². The highest BCUT2D eigenvalue weighted by Crippen LogP contribution is 2.35. The van der Waals surface area contributed by atoms with Crippen LogP contribution in [0.2, 0.25) is 0 Å². The van der Waals surface area contributed by atoms with Gasteiger partial charge in [0.25, 0.3) is 0 Å². The summed E-state index contributed by atoms with van der Waals surface area (Å²) in [5, 5.41) is 0.676. The highest BCUT2D eigenvalue weighted by molar-refractivity contribution is 9.10. The zero-order chi connectivity index (χ0) is 12.4. The van der Waals surface area contributed by atoms with Crippen LogP contribution in [0.25, 0.3) is 11.0 Å². The number of ether oxygens (including phenoxy) is 2. The van der Waals surface area contributed by atoms with Crippen LogP contribution in [-0.2, 0) is 11.3 Å². The van der Waals surface area contributed by atoms with Crippen molar-refractivity contribution in [2.45, 2.75) is 13.2 Å². The number of fused-ring (bicyclic) bond motifs is 1. The van der Waals surface area contributed by atoms with Gasteiger partial charge in [0.15, 0.2) is 11.3 Å². The number of methoxy groups -OCH3 is 1. The molecule has 0 aliphatic heterocycles. The van der Waals surface area contributed by atoms with E-state index in [1.165, 1.54) is 13.2 Å². The molecule has 0 spiro atoms. The molecule has 0 atom stereocenters. The molecule has 1 heterocycles. The molecule has 0 unspecified atom stereocenters. The van der Waals surface area contributed by atoms with Crippen LogP contribution in [0.4, 0.5) is 8.78 Å². The standard InChI is InChI=1S/C11H9BrF2O3/c1-15-5-6-4-7-8(12)2-3-9(10(7)16-6)17-11(13)14/h2-4,11H,5H2,1H3. The van der Waals surface area contributed by atoms with Crippen molar-refractivity contribution in [3.05, 3.63) is 28.4 Å². The maximum absolute atomic E-state index is 12.2. The smallest absolute Gasteiger partial charge is 0.387 e. The monoisotopic (exact) mass is 306 g/mol. The maximum atomic E-state index is 12.2. The molecule has 6 heteroatoms. The molecule has 2 aromatic rings. The average molecular weight is 307 g/mol. The number of halogens is 3. The first kappa shape index (κ1) is 12.3. The molecule has 1 aromatic carbocycles. The summed E-state index contributed by atoms with van der Waals surface area (Å²) >= 11 is 3.32. The summed E-state index contributed by atoms with van der Waals surface area (Å²) < 4.78 is 39.9. The van der Waals surface area contributed by atoms with Gasteiger partial charge in [0, 0.05) is 17.0 Å². The van der Waals surface area contributed by atoms with Gasteiger partial charge in [-0.2, -0.15) is 8.78 Å². The van der Waals surface area contributed by atoms with Crippen molar-refractivity contribution >= 4 is 26.9 Å². The Morgan fingerprint density at radius 1 is 1.41 bits per heavy atom. The Bertz CT molecular complexity index is 525. The molecule has 3 nitrogen and oxygen atoms in total. The average Bonchev–Trinajstić information content (AvgIpc) is 2.67. The first-order chi connectivity index (χ1) is 8.11.